The Labute approximate surface area is 298 Å². The molecule has 4 aromatic carbocycles. The molecule has 1 aromatic heterocycles. The minimum Gasteiger partial charge on any atom is -0.478 e. The number of likely N-dealkylation sites (N-methyl/N-ethyl adjacent to an activating group) is 1. The highest BCUT2D eigenvalue weighted by Gasteiger charge is 2.38. The number of carbonyl (C=O) groups is 4. The first-order chi connectivity index (χ1) is 24.5. The monoisotopic (exact) mass is 708 g/mol. The summed E-state index contributed by atoms with van der Waals surface area (Å²) in [6, 6.07) is 21.9. The summed E-state index contributed by atoms with van der Waals surface area (Å²) in [6.07, 6.45) is 3.12. The van der Waals surface area contributed by atoms with Crippen LogP contribution in [0.1, 0.15) is 48.2 Å². The van der Waals surface area contributed by atoms with Crippen LogP contribution >= 0.6 is 11.6 Å². The van der Waals surface area contributed by atoms with Crippen LogP contribution in [0.25, 0.3) is 16.8 Å². The molecule has 1 aliphatic heterocycles. The van der Waals surface area contributed by atoms with Crippen LogP contribution < -0.4 is 10.6 Å². The number of hydrogen-bond donors (Lipinski definition) is 3. The minimum absolute atomic E-state index is 0.0580. The predicted octanol–water partition coefficient (Wildman–Crippen LogP) is 5.70. The van der Waals surface area contributed by atoms with Gasteiger partial charge in [0.2, 0.25) is 0 Å². The molecule has 3 N–H and O–H groups in total. The number of anilines is 1. The maximum atomic E-state index is 14.8. The molecule has 1 atom stereocenters. The van der Waals surface area contributed by atoms with Gasteiger partial charge in [0.15, 0.2) is 5.82 Å². The Morgan fingerprint density at radius 2 is 1.65 bits per heavy atom. The van der Waals surface area contributed by atoms with Gasteiger partial charge in [0, 0.05) is 37.1 Å². The SMILES string of the molecule is CN(C)CCNC(=O)c1ccc(-c2cccc3c2CCN(C(=O)c2cnn(-c4cccc(Cl)c4F)c2)C3C(=O)Nc2ccc(C(=O)O)cc2)cc1. The highest BCUT2D eigenvalue weighted by atomic mass is 35.5. The molecule has 1 aliphatic rings. The van der Waals surface area contributed by atoms with Gasteiger partial charge in [0.1, 0.15) is 11.7 Å². The standard InChI is InChI=1S/C38H34ClFN6O5/c1-44(2)20-18-41-35(47)24-11-9-23(10-12-24)28-5-3-6-30-29(28)17-19-45(34(30)36(48)43-27-15-13-25(14-16-27)38(50)51)37(49)26-21-42-46(22-26)32-8-4-7-31(39)33(32)40/h3-16,21-22,34H,17-20H2,1-2H3,(H,41,47)(H,43,48)(H,50,51). The van der Waals surface area contributed by atoms with Crippen LogP contribution in [0.15, 0.2) is 97.3 Å². The second kappa shape index (κ2) is 15.0. The van der Waals surface area contributed by atoms with Crippen molar-refractivity contribution in [3.63, 3.8) is 0 Å². The molecule has 11 nitrogen and oxygen atoms in total. The first kappa shape index (κ1) is 35.0. The zero-order valence-corrected chi connectivity index (χ0v) is 28.5. The number of rotatable bonds is 10. The Hall–Kier alpha value is -5.85. The fourth-order valence-electron chi connectivity index (χ4n) is 6.04. The van der Waals surface area contributed by atoms with E-state index in [1.54, 1.807) is 24.3 Å². The number of nitrogens with zero attached hydrogens (tertiary/aromatic N) is 4. The van der Waals surface area contributed by atoms with Crippen LogP contribution in [0.4, 0.5) is 10.1 Å². The number of carboxylic acid groups (broad SMARTS) is 1. The maximum Gasteiger partial charge on any atom is 0.335 e. The summed E-state index contributed by atoms with van der Waals surface area (Å²) in [7, 11) is 3.87. The molecule has 0 fully saturated rings. The van der Waals surface area contributed by atoms with Crippen molar-refractivity contribution in [2.24, 2.45) is 0 Å². The molecular formula is C38H34ClFN6O5. The van der Waals surface area contributed by atoms with Gasteiger partial charge in [-0.1, -0.05) is 48.0 Å². The smallest absolute Gasteiger partial charge is 0.335 e. The van der Waals surface area contributed by atoms with Crippen molar-refractivity contribution in [1.82, 2.24) is 24.9 Å². The summed E-state index contributed by atoms with van der Waals surface area (Å²) in [6.45, 7) is 1.40. The second-order valence-corrected chi connectivity index (χ2v) is 12.7. The number of amides is 3. The third-order valence-corrected chi connectivity index (χ3v) is 8.93. The van der Waals surface area contributed by atoms with Gasteiger partial charge in [0.05, 0.1) is 22.3 Å². The molecular weight excluding hydrogens is 675 g/mol. The first-order valence-electron chi connectivity index (χ1n) is 16.1. The Morgan fingerprint density at radius 3 is 2.35 bits per heavy atom. The van der Waals surface area contributed by atoms with Crippen molar-refractivity contribution >= 4 is 41.0 Å². The Bertz CT molecular complexity index is 2120. The zero-order chi connectivity index (χ0) is 36.2. The van der Waals surface area contributed by atoms with Crippen molar-refractivity contribution < 1.29 is 28.7 Å². The molecule has 0 saturated carbocycles. The minimum atomic E-state index is -1.10. The Balaban J connectivity index is 1.33. The van der Waals surface area contributed by atoms with Gasteiger partial charge < -0.3 is 25.5 Å². The molecule has 3 amide bonds. The van der Waals surface area contributed by atoms with Crippen LogP contribution in [-0.4, -0.2) is 82.1 Å². The summed E-state index contributed by atoms with van der Waals surface area (Å²) >= 11 is 5.97. The van der Waals surface area contributed by atoms with E-state index in [0.29, 0.717) is 36.3 Å². The van der Waals surface area contributed by atoms with E-state index in [-0.39, 0.29) is 34.3 Å². The number of benzene rings is 4. The normalized spacial score (nSPS) is 13.8. The number of fused-ring (bicyclic) bond motifs is 1. The lowest BCUT2D eigenvalue weighted by Crippen LogP contribution is -2.45. The molecule has 0 radical (unpaired) electrons. The van der Waals surface area contributed by atoms with Gasteiger partial charge in [-0.3, -0.25) is 14.4 Å². The summed E-state index contributed by atoms with van der Waals surface area (Å²) in [5, 5.41) is 19.2. The van der Waals surface area contributed by atoms with Gasteiger partial charge in [-0.2, -0.15) is 5.10 Å². The zero-order valence-electron chi connectivity index (χ0n) is 27.8. The summed E-state index contributed by atoms with van der Waals surface area (Å²) in [4.78, 5) is 55.8. The summed E-state index contributed by atoms with van der Waals surface area (Å²) in [5.41, 5.74) is 4.28. The number of hydrogen-bond acceptors (Lipinski definition) is 6. The van der Waals surface area contributed by atoms with Gasteiger partial charge >= 0.3 is 5.97 Å². The lowest BCUT2D eigenvalue weighted by Gasteiger charge is -2.37. The quantitative estimate of drug-likeness (QED) is 0.169. The van der Waals surface area contributed by atoms with E-state index in [9.17, 15) is 28.7 Å². The first-order valence-corrected chi connectivity index (χ1v) is 16.5. The van der Waals surface area contributed by atoms with E-state index < -0.39 is 29.6 Å². The van der Waals surface area contributed by atoms with Crippen LogP contribution in [0.2, 0.25) is 5.02 Å². The number of carbonyl (C=O) groups excluding carboxylic acids is 3. The third kappa shape index (κ3) is 7.52. The highest BCUT2D eigenvalue weighted by molar-refractivity contribution is 6.30. The van der Waals surface area contributed by atoms with Crippen LogP contribution in [-0.2, 0) is 11.2 Å². The molecule has 0 bridgehead atoms. The predicted molar refractivity (Wildman–Crippen MR) is 191 cm³/mol. The third-order valence-electron chi connectivity index (χ3n) is 8.64. The largest absolute Gasteiger partial charge is 0.478 e. The van der Waals surface area contributed by atoms with E-state index in [1.165, 1.54) is 58.4 Å². The number of halogens is 2. The lowest BCUT2D eigenvalue weighted by atomic mass is 9.85. The molecule has 260 valence electrons. The average molecular weight is 709 g/mol. The molecule has 0 aliphatic carbocycles. The van der Waals surface area contributed by atoms with E-state index in [2.05, 4.69) is 15.7 Å². The average Bonchev–Trinajstić information content (AvgIpc) is 3.62. The molecule has 13 heteroatoms. The van der Waals surface area contributed by atoms with Gasteiger partial charge in [-0.25, -0.2) is 13.9 Å². The second-order valence-electron chi connectivity index (χ2n) is 12.3. The molecule has 2 heterocycles. The maximum absolute atomic E-state index is 14.8. The number of nitrogens with one attached hydrogen (secondary N) is 2. The molecule has 0 spiro atoms. The van der Waals surface area contributed by atoms with Crippen molar-refractivity contribution in [2.75, 3.05) is 39.0 Å². The summed E-state index contributed by atoms with van der Waals surface area (Å²) < 4.78 is 16.0. The van der Waals surface area contributed by atoms with Crippen molar-refractivity contribution in [3.8, 4) is 16.8 Å². The van der Waals surface area contributed by atoms with E-state index in [1.807, 2.05) is 43.3 Å². The Kier molecular flexibility index (Phi) is 10.3. The number of carboxylic acids is 1. The van der Waals surface area contributed by atoms with E-state index in [0.717, 1.165) is 16.7 Å². The molecule has 6 rings (SSSR count). The van der Waals surface area contributed by atoms with Crippen molar-refractivity contribution in [3.05, 3.63) is 136 Å². The molecule has 0 saturated heterocycles. The number of aromatic carboxylic acids is 1. The Morgan fingerprint density at radius 1 is 0.941 bits per heavy atom. The molecule has 5 aromatic rings. The van der Waals surface area contributed by atoms with Crippen LogP contribution in [0, 0.1) is 5.82 Å². The fourth-order valence-corrected chi connectivity index (χ4v) is 6.21. The van der Waals surface area contributed by atoms with Gasteiger partial charge in [0.25, 0.3) is 17.7 Å². The molecule has 51 heavy (non-hydrogen) atoms. The number of aromatic nitrogens is 2. The van der Waals surface area contributed by atoms with Crippen molar-refractivity contribution in [2.45, 2.75) is 12.5 Å². The fraction of sp³-hybridized carbons (Fsp3) is 0.184. The van der Waals surface area contributed by atoms with E-state index in [4.69, 9.17) is 11.6 Å². The summed E-state index contributed by atoms with van der Waals surface area (Å²) in [5.74, 6) is -2.98. The highest BCUT2D eigenvalue weighted by Crippen LogP contribution is 2.38. The van der Waals surface area contributed by atoms with Gasteiger partial charge in [-0.15, -0.1) is 0 Å². The van der Waals surface area contributed by atoms with Crippen molar-refractivity contribution in [1.29, 1.82) is 0 Å². The van der Waals surface area contributed by atoms with Gasteiger partial charge in [-0.05, 0) is 91.3 Å². The van der Waals surface area contributed by atoms with E-state index >= 15 is 0 Å². The van der Waals surface area contributed by atoms with Crippen LogP contribution in [0.3, 0.4) is 0 Å². The van der Waals surface area contributed by atoms with Crippen LogP contribution in [0.5, 0.6) is 0 Å². The lowest BCUT2D eigenvalue weighted by molar-refractivity contribution is -0.121. The topological polar surface area (TPSA) is 137 Å². The molecule has 1 unspecified atom stereocenters.